The molecule has 1 aromatic heterocycles. The van der Waals surface area contributed by atoms with Crippen molar-refractivity contribution in [2.75, 3.05) is 0 Å². The molecule has 0 aliphatic rings. The van der Waals surface area contributed by atoms with Crippen molar-refractivity contribution in [2.45, 2.75) is 164 Å². The van der Waals surface area contributed by atoms with Crippen molar-refractivity contribution >= 4 is 0 Å². The Kier molecular flexibility index (Phi) is 18.2. The Balaban J connectivity index is 0.00000230. The van der Waals surface area contributed by atoms with Gasteiger partial charge < -0.3 is 20.4 Å². The van der Waals surface area contributed by atoms with Gasteiger partial charge in [-0.15, -0.1) is 23.7 Å². The molecule has 0 atom stereocenters. The molecule has 0 N–H and O–H groups in total. The van der Waals surface area contributed by atoms with Crippen LogP contribution in [0.15, 0.2) is 48.7 Å². The molecule has 0 radical (unpaired) electrons. The van der Waals surface area contributed by atoms with Gasteiger partial charge in [0.1, 0.15) is 0 Å². The number of pyridine rings is 1. The first-order valence-electron chi connectivity index (χ1n) is 17.3. The van der Waals surface area contributed by atoms with Gasteiger partial charge in [-0.3, -0.25) is 9.88 Å². The molecule has 2 aromatic carbocycles. The fourth-order valence-corrected chi connectivity index (χ4v) is 4.96. The molecule has 0 amide bonds. The van der Waals surface area contributed by atoms with Gasteiger partial charge in [-0.05, 0) is 67.2 Å². The second-order valence-corrected chi connectivity index (χ2v) is 17.6. The summed E-state index contributed by atoms with van der Waals surface area (Å²) in [7, 11) is 0. The minimum Gasteiger partial charge on any atom is -0.872 e. The average Bonchev–Trinajstić information content (AvgIpc) is 2.88. The van der Waals surface area contributed by atoms with Gasteiger partial charge in [0.05, 0.1) is 5.69 Å². The van der Waals surface area contributed by atoms with E-state index in [9.17, 15) is 20.4 Å². The van der Waals surface area contributed by atoms with Crippen molar-refractivity contribution in [1.82, 2.24) is 9.88 Å². The number of benzene rings is 2. The zero-order valence-electron chi connectivity index (χ0n) is 33.4. The molecule has 1 heterocycles. The van der Waals surface area contributed by atoms with Crippen LogP contribution < -0.4 is 20.4 Å². The van der Waals surface area contributed by atoms with Gasteiger partial charge in [0, 0.05) is 25.8 Å². The van der Waals surface area contributed by atoms with Crippen molar-refractivity contribution in [3.8, 4) is 11.5 Å². The Hall–Kier alpha value is -2.06. The van der Waals surface area contributed by atoms with Crippen molar-refractivity contribution in [3.63, 3.8) is 0 Å². The monoisotopic (exact) mass is 840 g/mol. The van der Waals surface area contributed by atoms with E-state index >= 15 is 0 Å². The van der Waals surface area contributed by atoms with Crippen LogP contribution in [-0.2, 0) is 67.1 Å². The van der Waals surface area contributed by atoms with Gasteiger partial charge in [0.2, 0.25) is 0 Å². The Labute approximate surface area is 318 Å². The van der Waals surface area contributed by atoms with Crippen LogP contribution in [0.25, 0.3) is 0 Å². The third kappa shape index (κ3) is 16.2. The topological polar surface area (TPSA) is 108 Å². The molecule has 0 spiro atoms. The number of hydrogen-bond acceptors (Lipinski definition) is 6. The van der Waals surface area contributed by atoms with Gasteiger partial charge in [0.15, 0.2) is 0 Å². The van der Waals surface area contributed by atoms with E-state index in [-0.39, 0.29) is 59.0 Å². The van der Waals surface area contributed by atoms with Crippen LogP contribution in [-0.4, -0.2) is 22.1 Å². The minimum atomic E-state index is -0.417. The molecular weight excluding hydrogens is 775 g/mol. The van der Waals surface area contributed by atoms with E-state index in [1.807, 2.05) is 18.2 Å². The normalized spacial score (nSPS) is 12.3. The molecule has 7 heteroatoms. The van der Waals surface area contributed by atoms with Gasteiger partial charge >= 0.3 is 25.8 Å². The Morgan fingerprint density at radius 2 is 0.918 bits per heavy atom. The van der Waals surface area contributed by atoms with E-state index in [0.29, 0.717) is 19.6 Å². The summed E-state index contributed by atoms with van der Waals surface area (Å²) < 4.78 is 0. The van der Waals surface area contributed by atoms with E-state index in [1.54, 1.807) is 33.9 Å². The molecule has 6 nitrogen and oxygen atoms in total. The van der Waals surface area contributed by atoms with Gasteiger partial charge in [-0.25, -0.2) is 0 Å². The number of nitrogens with zero attached hydrogens (tertiary/aromatic N) is 2. The molecule has 270 valence electrons. The number of hydrogen-bond donors (Lipinski definition) is 0. The molecule has 0 fully saturated rings. The van der Waals surface area contributed by atoms with Crippen LogP contribution in [0.3, 0.4) is 0 Å². The Morgan fingerprint density at radius 1 is 0.571 bits per heavy atom. The fraction of sp³-hybridized carbons (Fsp3) is 0.595. The van der Waals surface area contributed by atoms with Crippen LogP contribution in [0, 0.1) is 0 Å². The van der Waals surface area contributed by atoms with Crippen LogP contribution >= 0.6 is 0 Å². The fourth-order valence-electron chi connectivity index (χ4n) is 4.96. The summed E-state index contributed by atoms with van der Waals surface area (Å²) in [6.45, 7) is 33.6. The predicted molar refractivity (Wildman–Crippen MR) is 194 cm³/mol. The standard InChI is InChI=1S/C36H52N2O2.2C3H7O.Hf/c1-33(2,3)26-17-24(31(39)29(19-26)35(7,8)9)21-38(23-28-15-13-14-16-37-28)22-25-18-27(34(4,5)6)20-30(32(25)40)36(10,11)12;2*1-3(2)4;/h13-20,39-40H,21-23H2,1-12H3;2*3H,1-2H3;/q;2*-1;+4/p-2. The van der Waals surface area contributed by atoms with Crippen LogP contribution in [0.5, 0.6) is 11.5 Å². The smallest absolute Gasteiger partial charge is 0.872 e. The molecule has 0 bridgehead atoms. The molecular formula is C42H64HfN2O4. The van der Waals surface area contributed by atoms with E-state index in [1.165, 1.54) is 0 Å². The zero-order chi connectivity index (χ0) is 37.4. The molecule has 0 saturated heterocycles. The first-order valence-corrected chi connectivity index (χ1v) is 17.3. The Morgan fingerprint density at radius 3 is 1.18 bits per heavy atom. The second kappa shape index (κ2) is 19.0. The quantitative estimate of drug-likeness (QED) is 0.245. The third-order valence-electron chi connectivity index (χ3n) is 7.58. The van der Waals surface area contributed by atoms with Crippen molar-refractivity contribution in [2.24, 2.45) is 0 Å². The molecule has 0 saturated carbocycles. The molecule has 0 aliphatic carbocycles. The molecule has 0 aliphatic heterocycles. The summed E-state index contributed by atoms with van der Waals surface area (Å²) in [6.07, 6.45) is 0.960. The van der Waals surface area contributed by atoms with Gasteiger partial charge in [-0.2, -0.15) is 0 Å². The van der Waals surface area contributed by atoms with E-state index in [0.717, 1.165) is 39.1 Å². The maximum atomic E-state index is 13.9. The zero-order valence-corrected chi connectivity index (χ0v) is 37.0. The van der Waals surface area contributed by atoms with Crippen LogP contribution in [0.2, 0.25) is 0 Å². The van der Waals surface area contributed by atoms with Gasteiger partial charge in [0.25, 0.3) is 0 Å². The minimum absolute atomic E-state index is 0. The second-order valence-electron chi connectivity index (χ2n) is 17.6. The summed E-state index contributed by atoms with van der Waals surface area (Å²) >= 11 is 0. The van der Waals surface area contributed by atoms with E-state index in [2.05, 4.69) is 117 Å². The summed E-state index contributed by atoms with van der Waals surface area (Å²) in [5.41, 5.74) is 5.68. The maximum absolute atomic E-state index is 13.9. The number of rotatable bonds is 6. The SMILES string of the molecule is CC(C)(C)c1cc(CN(Cc2ccccn2)Cc2cc(C(C)(C)C)cc(C(C)(C)C)c2[O-])c([O-])c(C(C)(C)C)c1.CC(C)[O-].CC(C)[O-].[Hf+4]. The molecule has 3 rings (SSSR count). The van der Waals surface area contributed by atoms with Crippen molar-refractivity contribution < 1.29 is 46.3 Å². The average molecular weight is 839 g/mol. The van der Waals surface area contributed by atoms with Crippen LogP contribution in [0.1, 0.15) is 150 Å². The summed E-state index contributed by atoms with van der Waals surface area (Å²) in [6, 6.07) is 14.2. The predicted octanol–water partition coefficient (Wildman–Crippen LogP) is 7.13. The Bertz CT molecular complexity index is 1330. The molecule has 0 unspecified atom stereocenters. The number of aromatic nitrogens is 1. The van der Waals surface area contributed by atoms with Crippen LogP contribution in [0.4, 0.5) is 0 Å². The van der Waals surface area contributed by atoms with Crippen molar-refractivity contribution in [1.29, 1.82) is 0 Å². The summed E-state index contributed by atoms with van der Waals surface area (Å²) in [5, 5.41) is 46.8. The largest absolute Gasteiger partial charge is 4.00 e. The van der Waals surface area contributed by atoms with Gasteiger partial charge in [-0.1, -0.05) is 141 Å². The van der Waals surface area contributed by atoms with E-state index < -0.39 is 12.2 Å². The first kappa shape index (κ1) is 46.9. The maximum Gasteiger partial charge on any atom is 4.00 e. The summed E-state index contributed by atoms with van der Waals surface area (Å²) in [4.78, 5) is 6.78. The van der Waals surface area contributed by atoms with Crippen molar-refractivity contribution in [3.05, 3.63) is 87.7 Å². The molecule has 49 heavy (non-hydrogen) atoms. The van der Waals surface area contributed by atoms with E-state index in [4.69, 9.17) is 0 Å². The first-order chi connectivity index (χ1) is 21.6. The third-order valence-corrected chi connectivity index (χ3v) is 7.58. The summed E-state index contributed by atoms with van der Waals surface area (Å²) in [5.74, 6) is 0.181. The molecule has 3 aromatic rings.